The Bertz CT molecular complexity index is 448. The Morgan fingerprint density at radius 1 is 1.21 bits per heavy atom. The first-order valence-electron chi connectivity index (χ1n) is 7.13. The van der Waals surface area contributed by atoms with Crippen molar-refractivity contribution in [3.05, 3.63) is 29.3 Å². The maximum absolute atomic E-state index is 14.2. The van der Waals surface area contributed by atoms with Gasteiger partial charge in [-0.1, -0.05) is 0 Å². The SMILES string of the molecule is CC1CCCN1c1c(F)cc(CNC2CC2)cc1F. The maximum Gasteiger partial charge on any atom is 0.149 e. The summed E-state index contributed by atoms with van der Waals surface area (Å²) in [6, 6.07) is 3.71. The molecule has 19 heavy (non-hydrogen) atoms. The van der Waals surface area contributed by atoms with Gasteiger partial charge in [0, 0.05) is 25.2 Å². The highest BCUT2D eigenvalue weighted by Gasteiger charge is 2.26. The molecule has 2 aliphatic rings. The monoisotopic (exact) mass is 266 g/mol. The van der Waals surface area contributed by atoms with E-state index < -0.39 is 11.6 Å². The largest absolute Gasteiger partial charge is 0.364 e. The van der Waals surface area contributed by atoms with Gasteiger partial charge in [0.15, 0.2) is 0 Å². The van der Waals surface area contributed by atoms with Crippen molar-refractivity contribution in [3.63, 3.8) is 0 Å². The van der Waals surface area contributed by atoms with Crippen molar-refractivity contribution in [2.24, 2.45) is 0 Å². The van der Waals surface area contributed by atoms with Crippen LogP contribution in [0, 0.1) is 11.6 Å². The van der Waals surface area contributed by atoms with Gasteiger partial charge in [-0.2, -0.15) is 0 Å². The second-order valence-corrected chi connectivity index (χ2v) is 5.75. The lowest BCUT2D eigenvalue weighted by Crippen LogP contribution is -2.28. The third-order valence-corrected chi connectivity index (χ3v) is 4.09. The fraction of sp³-hybridized carbons (Fsp3) is 0.600. The molecule has 1 atom stereocenters. The van der Waals surface area contributed by atoms with E-state index in [9.17, 15) is 8.78 Å². The lowest BCUT2D eigenvalue weighted by atomic mass is 10.1. The molecule has 0 spiro atoms. The van der Waals surface area contributed by atoms with Crippen LogP contribution >= 0.6 is 0 Å². The van der Waals surface area contributed by atoms with Gasteiger partial charge < -0.3 is 10.2 Å². The number of anilines is 1. The van der Waals surface area contributed by atoms with E-state index in [0.29, 0.717) is 18.2 Å². The highest BCUT2D eigenvalue weighted by Crippen LogP contribution is 2.31. The lowest BCUT2D eigenvalue weighted by molar-refractivity contribution is 0.561. The Balaban J connectivity index is 1.80. The van der Waals surface area contributed by atoms with Crippen LogP contribution in [0.3, 0.4) is 0 Å². The highest BCUT2D eigenvalue weighted by atomic mass is 19.1. The van der Waals surface area contributed by atoms with E-state index in [2.05, 4.69) is 5.32 Å². The zero-order valence-corrected chi connectivity index (χ0v) is 11.3. The van der Waals surface area contributed by atoms with Crippen LogP contribution in [0.2, 0.25) is 0 Å². The van der Waals surface area contributed by atoms with Crippen molar-refractivity contribution in [3.8, 4) is 0 Å². The van der Waals surface area contributed by atoms with Gasteiger partial charge in [0.1, 0.15) is 17.3 Å². The highest BCUT2D eigenvalue weighted by molar-refractivity contribution is 5.52. The summed E-state index contributed by atoms with van der Waals surface area (Å²) < 4.78 is 28.3. The summed E-state index contributed by atoms with van der Waals surface area (Å²) in [6.07, 6.45) is 4.36. The molecule has 1 saturated carbocycles. The van der Waals surface area contributed by atoms with Gasteiger partial charge in [-0.3, -0.25) is 0 Å². The molecule has 1 saturated heterocycles. The van der Waals surface area contributed by atoms with Gasteiger partial charge in [-0.15, -0.1) is 0 Å². The van der Waals surface area contributed by atoms with Crippen molar-refractivity contribution in [1.29, 1.82) is 0 Å². The van der Waals surface area contributed by atoms with Crippen molar-refractivity contribution >= 4 is 5.69 Å². The van der Waals surface area contributed by atoms with E-state index in [1.54, 1.807) is 0 Å². The number of rotatable bonds is 4. The summed E-state index contributed by atoms with van der Waals surface area (Å²) in [5, 5.41) is 3.28. The lowest BCUT2D eigenvalue weighted by Gasteiger charge is -2.25. The van der Waals surface area contributed by atoms with Crippen LogP contribution in [-0.2, 0) is 6.54 Å². The normalized spacial score (nSPS) is 23.1. The average Bonchev–Trinajstić information content (AvgIpc) is 3.10. The molecule has 1 heterocycles. The molecule has 1 aromatic carbocycles. The predicted octanol–water partition coefficient (Wildman–Crippen LogP) is 3.21. The summed E-state index contributed by atoms with van der Waals surface area (Å²) in [7, 11) is 0. The van der Waals surface area contributed by atoms with E-state index in [0.717, 1.165) is 19.4 Å². The van der Waals surface area contributed by atoms with Crippen LogP contribution in [0.15, 0.2) is 12.1 Å². The molecule has 1 aliphatic carbocycles. The Morgan fingerprint density at radius 2 is 1.89 bits per heavy atom. The van der Waals surface area contributed by atoms with Crippen LogP contribution in [0.1, 0.15) is 38.2 Å². The van der Waals surface area contributed by atoms with Crippen molar-refractivity contribution < 1.29 is 8.78 Å². The fourth-order valence-electron chi connectivity index (χ4n) is 2.81. The Labute approximate surface area is 112 Å². The van der Waals surface area contributed by atoms with Gasteiger partial charge in [0.25, 0.3) is 0 Å². The summed E-state index contributed by atoms with van der Waals surface area (Å²) in [5.41, 5.74) is 0.845. The molecular weight excluding hydrogens is 246 g/mol. The number of nitrogens with zero attached hydrogens (tertiary/aromatic N) is 1. The standard InChI is InChI=1S/C15H20F2N2/c1-10-3-2-6-19(10)15-13(16)7-11(8-14(15)17)9-18-12-4-5-12/h7-8,10,12,18H,2-6,9H2,1H3. The molecule has 0 radical (unpaired) electrons. The van der Waals surface area contributed by atoms with E-state index in [-0.39, 0.29) is 11.7 Å². The first-order chi connectivity index (χ1) is 9.15. The molecule has 1 aromatic rings. The minimum atomic E-state index is -0.429. The molecule has 2 fully saturated rings. The van der Waals surface area contributed by atoms with E-state index in [1.165, 1.54) is 25.0 Å². The first kappa shape index (κ1) is 12.9. The van der Waals surface area contributed by atoms with Gasteiger partial charge in [-0.05, 0) is 50.3 Å². The van der Waals surface area contributed by atoms with Crippen LogP contribution in [0.4, 0.5) is 14.5 Å². The molecule has 4 heteroatoms. The number of halogens is 2. The molecule has 1 unspecified atom stereocenters. The smallest absolute Gasteiger partial charge is 0.149 e. The second-order valence-electron chi connectivity index (χ2n) is 5.75. The van der Waals surface area contributed by atoms with Gasteiger partial charge in [0.2, 0.25) is 0 Å². The zero-order valence-electron chi connectivity index (χ0n) is 11.3. The Hall–Kier alpha value is -1.16. The molecule has 2 nitrogen and oxygen atoms in total. The van der Waals surface area contributed by atoms with Gasteiger partial charge >= 0.3 is 0 Å². The summed E-state index contributed by atoms with van der Waals surface area (Å²) in [6.45, 7) is 3.32. The molecule has 0 amide bonds. The molecule has 104 valence electrons. The molecule has 0 bridgehead atoms. The quantitative estimate of drug-likeness (QED) is 0.900. The predicted molar refractivity (Wildman–Crippen MR) is 72.3 cm³/mol. The molecule has 1 N–H and O–H groups in total. The van der Waals surface area contributed by atoms with Crippen LogP contribution in [0.5, 0.6) is 0 Å². The van der Waals surface area contributed by atoms with Crippen molar-refractivity contribution in [2.45, 2.75) is 51.2 Å². The van der Waals surface area contributed by atoms with E-state index in [1.807, 2.05) is 11.8 Å². The van der Waals surface area contributed by atoms with Crippen LogP contribution in [0.25, 0.3) is 0 Å². The number of hydrogen-bond donors (Lipinski definition) is 1. The van der Waals surface area contributed by atoms with E-state index in [4.69, 9.17) is 0 Å². The Morgan fingerprint density at radius 3 is 2.42 bits per heavy atom. The van der Waals surface area contributed by atoms with Crippen molar-refractivity contribution in [1.82, 2.24) is 5.32 Å². The third kappa shape index (κ3) is 2.73. The van der Waals surface area contributed by atoms with Gasteiger partial charge in [0.05, 0.1) is 0 Å². The number of nitrogens with one attached hydrogen (secondary N) is 1. The van der Waals surface area contributed by atoms with E-state index >= 15 is 0 Å². The first-order valence-corrected chi connectivity index (χ1v) is 7.13. The molecular formula is C15H20F2N2. The van der Waals surface area contributed by atoms with Crippen molar-refractivity contribution in [2.75, 3.05) is 11.4 Å². The minimum absolute atomic E-state index is 0.153. The Kier molecular flexibility index (Phi) is 3.44. The maximum atomic E-state index is 14.2. The van der Waals surface area contributed by atoms with Crippen LogP contribution in [-0.4, -0.2) is 18.6 Å². The number of hydrogen-bond acceptors (Lipinski definition) is 2. The zero-order chi connectivity index (χ0) is 13.4. The summed E-state index contributed by atoms with van der Waals surface area (Å²) >= 11 is 0. The third-order valence-electron chi connectivity index (χ3n) is 4.09. The second kappa shape index (κ2) is 5.08. The molecule has 0 aromatic heterocycles. The minimum Gasteiger partial charge on any atom is -0.364 e. The fourth-order valence-corrected chi connectivity index (χ4v) is 2.81. The summed E-state index contributed by atoms with van der Waals surface area (Å²) in [4.78, 5) is 1.85. The van der Waals surface area contributed by atoms with Gasteiger partial charge in [-0.25, -0.2) is 8.78 Å². The summed E-state index contributed by atoms with van der Waals surface area (Å²) in [5.74, 6) is -0.859. The number of benzene rings is 1. The molecule has 3 rings (SSSR count). The molecule has 1 aliphatic heterocycles. The topological polar surface area (TPSA) is 15.3 Å². The van der Waals surface area contributed by atoms with Crippen LogP contribution < -0.4 is 10.2 Å². The average molecular weight is 266 g/mol.